The van der Waals surface area contributed by atoms with Crippen LogP contribution in [0, 0.1) is 17.2 Å². The zero-order chi connectivity index (χ0) is 20.1. The molecule has 0 saturated carbocycles. The predicted octanol–water partition coefficient (Wildman–Crippen LogP) is 5.03. The fourth-order valence-electron chi connectivity index (χ4n) is 2.87. The number of hydrogen-bond acceptors (Lipinski definition) is 4. The Balaban J connectivity index is 1.68. The lowest BCUT2D eigenvalue weighted by atomic mass is 9.83. The molecule has 1 aliphatic rings. The number of carbonyl (C=O) groups excluding carboxylic acids is 2. The number of nitrogens with one attached hydrogen (secondary N) is 1. The molecule has 1 N–H and O–H groups in total. The Labute approximate surface area is 180 Å². The molecule has 8 heteroatoms. The number of amides is 2. The van der Waals surface area contributed by atoms with Crippen molar-refractivity contribution in [2.45, 2.75) is 12.3 Å². The third kappa shape index (κ3) is 5.22. The number of thioether (sulfide) groups is 1. The summed E-state index contributed by atoms with van der Waals surface area (Å²) in [5, 5.41) is 13.4. The van der Waals surface area contributed by atoms with Gasteiger partial charge < -0.3 is 5.32 Å². The van der Waals surface area contributed by atoms with Crippen LogP contribution in [0.3, 0.4) is 0 Å². The van der Waals surface area contributed by atoms with Crippen LogP contribution in [0.5, 0.6) is 0 Å². The van der Waals surface area contributed by atoms with E-state index in [0.29, 0.717) is 15.8 Å². The van der Waals surface area contributed by atoms with Crippen molar-refractivity contribution in [2.24, 2.45) is 10.9 Å². The minimum Gasteiger partial charge on any atom is -0.325 e. The molecule has 2 atom stereocenters. The van der Waals surface area contributed by atoms with Crippen LogP contribution in [0.1, 0.15) is 17.9 Å². The molecule has 3 rings (SSSR count). The van der Waals surface area contributed by atoms with Gasteiger partial charge in [0.15, 0.2) is 0 Å². The first-order valence-electron chi connectivity index (χ1n) is 8.41. The van der Waals surface area contributed by atoms with Gasteiger partial charge in [0.25, 0.3) is 0 Å². The SMILES string of the molecule is N#CC1C(SCC(=O)Nc2ccc(Br)cc2)=NC(=O)CC1c1ccc(Cl)cc1. The summed E-state index contributed by atoms with van der Waals surface area (Å²) in [6, 6.07) is 16.6. The molecule has 142 valence electrons. The third-order valence-corrected chi connectivity index (χ3v) is 6.04. The highest BCUT2D eigenvalue weighted by Crippen LogP contribution is 2.36. The number of hydrogen-bond donors (Lipinski definition) is 1. The van der Waals surface area contributed by atoms with E-state index in [2.05, 4.69) is 32.3 Å². The number of anilines is 1. The fraction of sp³-hybridized carbons (Fsp3) is 0.200. The van der Waals surface area contributed by atoms with E-state index in [1.54, 1.807) is 24.3 Å². The molecule has 0 aromatic heterocycles. The van der Waals surface area contributed by atoms with Crippen molar-refractivity contribution < 1.29 is 9.59 Å². The van der Waals surface area contributed by atoms with Crippen molar-refractivity contribution in [1.82, 2.24) is 0 Å². The summed E-state index contributed by atoms with van der Waals surface area (Å²) < 4.78 is 0.917. The minimum atomic E-state index is -0.579. The Bertz CT molecular complexity index is 955. The van der Waals surface area contributed by atoms with E-state index in [1.807, 2.05) is 24.3 Å². The largest absolute Gasteiger partial charge is 0.325 e. The molecule has 0 fully saturated rings. The Hall–Kier alpha value is -2.14. The fourth-order valence-corrected chi connectivity index (χ4v) is 4.18. The maximum absolute atomic E-state index is 12.2. The van der Waals surface area contributed by atoms with Gasteiger partial charge in [-0.05, 0) is 42.0 Å². The summed E-state index contributed by atoms with van der Waals surface area (Å²) in [6.07, 6.45) is 0.162. The van der Waals surface area contributed by atoms with Crippen molar-refractivity contribution >= 4 is 61.8 Å². The number of carbonyl (C=O) groups is 2. The van der Waals surface area contributed by atoms with E-state index < -0.39 is 5.92 Å². The van der Waals surface area contributed by atoms with Crippen LogP contribution >= 0.6 is 39.3 Å². The van der Waals surface area contributed by atoms with Gasteiger partial charge in [-0.3, -0.25) is 9.59 Å². The molecule has 2 unspecified atom stereocenters. The van der Waals surface area contributed by atoms with E-state index in [9.17, 15) is 14.9 Å². The van der Waals surface area contributed by atoms with Crippen LogP contribution in [-0.4, -0.2) is 22.6 Å². The maximum atomic E-state index is 12.2. The van der Waals surface area contributed by atoms with Crippen molar-refractivity contribution in [3.05, 3.63) is 63.6 Å². The highest BCUT2D eigenvalue weighted by atomic mass is 79.9. The molecule has 2 amide bonds. The van der Waals surface area contributed by atoms with Crippen LogP contribution in [0.4, 0.5) is 5.69 Å². The molecule has 0 saturated heterocycles. The van der Waals surface area contributed by atoms with Gasteiger partial charge in [0.05, 0.1) is 16.9 Å². The average Bonchev–Trinajstić information content (AvgIpc) is 2.68. The molecule has 1 aliphatic heterocycles. The van der Waals surface area contributed by atoms with Gasteiger partial charge in [-0.2, -0.15) is 5.26 Å². The van der Waals surface area contributed by atoms with E-state index in [0.717, 1.165) is 21.8 Å². The van der Waals surface area contributed by atoms with Gasteiger partial charge in [-0.25, -0.2) is 4.99 Å². The van der Waals surface area contributed by atoms with Gasteiger partial charge in [0.2, 0.25) is 11.8 Å². The van der Waals surface area contributed by atoms with Crippen LogP contribution in [-0.2, 0) is 9.59 Å². The van der Waals surface area contributed by atoms with Crippen LogP contribution < -0.4 is 5.32 Å². The second-order valence-corrected chi connectivity index (χ2v) is 8.50. The van der Waals surface area contributed by atoms with Gasteiger partial charge in [-0.1, -0.05) is 51.4 Å². The van der Waals surface area contributed by atoms with Gasteiger partial charge in [0, 0.05) is 27.5 Å². The second-order valence-electron chi connectivity index (χ2n) is 6.16. The van der Waals surface area contributed by atoms with E-state index >= 15 is 0 Å². The van der Waals surface area contributed by atoms with Crippen LogP contribution in [0.2, 0.25) is 5.02 Å². The Morgan fingerprint density at radius 2 is 1.93 bits per heavy atom. The highest BCUT2D eigenvalue weighted by Gasteiger charge is 2.34. The minimum absolute atomic E-state index is 0.0632. The number of nitriles is 1. The summed E-state index contributed by atoms with van der Waals surface area (Å²) in [6.45, 7) is 0. The number of halogens is 2. The molecule has 1 heterocycles. The smallest absolute Gasteiger partial charge is 0.247 e. The van der Waals surface area contributed by atoms with E-state index in [1.165, 1.54) is 0 Å². The third-order valence-electron chi connectivity index (χ3n) is 4.21. The van der Waals surface area contributed by atoms with Crippen molar-refractivity contribution in [3.8, 4) is 6.07 Å². The Kier molecular flexibility index (Phi) is 6.89. The molecule has 0 radical (unpaired) electrons. The Morgan fingerprint density at radius 3 is 2.57 bits per heavy atom. The first-order valence-corrected chi connectivity index (χ1v) is 10.6. The zero-order valence-corrected chi connectivity index (χ0v) is 17.7. The topological polar surface area (TPSA) is 82.3 Å². The second kappa shape index (κ2) is 9.37. The van der Waals surface area contributed by atoms with E-state index in [-0.39, 0.29) is 29.9 Å². The lowest BCUT2D eigenvalue weighted by Gasteiger charge is -2.26. The number of benzene rings is 2. The summed E-state index contributed by atoms with van der Waals surface area (Å²) in [4.78, 5) is 28.4. The molecule has 28 heavy (non-hydrogen) atoms. The number of aliphatic imine (C=N–C) groups is 1. The van der Waals surface area contributed by atoms with Crippen molar-refractivity contribution in [1.29, 1.82) is 5.26 Å². The molecular formula is C20H15BrClN3O2S. The highest BCUT2D eigenvalue weighted by molar-refractivity contribution is 9.10. The van der Waals surface area contributed by atoms with E-state index in [4.69, 9.17) is 11.6 Å². The predicted molar refractivity (Wildman–Crippen MR) is 116 cm³/mol. The monoisotopic (exact) mass is 475 g/mol. The molecular weight excluding hydrogens is 462 g/mol. The quantitative estimate of drug-likeness (QED) is 0.671. The molecule has 0 bridgehead atoms. The lowest BCUT2D eigenvalue weighted by molar-refractivity contribution is -0.118. The molecule has 5 nitrogen and oxygen atoms in total. The number of rotatable bonds is 4. The molecule has 0 spiro atoms. The van der Waals surface area contributed by atoms with Crippen LogP contribution in [0.25, 0.3) is 0 Å². The summed E-state index contributed by atoms with van der Waals surface area (Å²) in [5.74, 6) is -1.34. The maximum Gasteiger partial charge on any atom is 0.247 e. The van der Waals surface area contributed by atoms with Crippen molar-refractivity contribution in [2.75, 3.05) is 11.1 Å². The zero-order valence-electron chi connectivity index (χ0n) is 14.6. The first-order chi connectivity index (χ1) is 13.5. The Morgan fingerprint density at radius 1 is 1.25 bits per heavy atom. The lowest BCUT2D eigenvalue weighted by Crippen LogP contribution is -2.28. The molecule has 0 aliphatic carbocycles. The van der Waals surface area contributed by atoms with Crippen molar-refractivity contribution in [3.63, 3.8) is 0 Å². The number of nitrogens with zero attached hydrogens (tertiary/aromatic N) is 2. The summed E-state index contributed by atoms with van der Waals surface area (Å²) in [5.41, 5.74) is 1.53. The molecule has 2 aromatic carbocycles. The standard InChI is InChI=1S/C20H15BrClN3O2S/c21-13-3-7-15(8-4-13)24-19(27)11-28-20-17(10-23)16(9-18(26)25-20)12-1-5-14(22)6-2-12/h1-8,16-17H,9,11H2,(H,24,27). The van der Waals surface area contributed by atoms with Gasteiger partial charge >= 0.3 is 0 Å². The summed E-state index contributed by atoms with van der Waals surface area (Å²) >= 11 is 10.4. The van der Waals surface area contributed by atoms with Gasteiger partial charge in [0.1, 0.15) is 5.92 Å². The van der Waals surface area contributed by atoms with Gasteiger partial charge in [-0.15, -0.1) is 0 Å². The molecule has 2 aromatic rings. The average molecular weight is 477 g/mol. The van der Waals surface area contributed by atoms with Crippen LogP contribution in [0.15, 0.2) is 58.0 Å². The first kappa shape index (κ1) is 20.6. The normalized spacial score (nSPS) is 18.9. The summed E-state index contributed by atoms with van der Waals surface area (Å²) in [7, 11) is 0.